The molecule has 1 N–H and O–H groups in total. The lowest BCUT2D eigenvalue weighted by Gasteiger charge is -2.12. The van der Waals surface area contributed by atoms with Gasteiger partial charge in [0.2, 0.25) is 0 Å². The van der Waals surface area contributed by atoms with E-state index in [2.05, 4.69) is 35.6 Å². The van der Waals surface area contributed by atoms with Gasteiger partial charge in [-0.05, 0) is 40.6 Å². The summed E-state index contributed by atoms with van der Waals surface area (Å²) < 4.78 is 1.17. The maximum Gasteiger partial charge on any atom is 0.0800 e. The van der Waals surface area contributed by atoms with E-state index in [0.29, 0.717) is 0 Å². The molecule has 0 aliphatic heterocycles. The number of rotatable bonds is 8. The molecule has 17 heavy (non-hydrogen) atoms. The molecular formula is C15H23IO. The average Bonchev–Trinajstić information content (AvgIpc) is 2.34. The smallest absolute Gasteiger partial charge is 0.0800 e. The molecule has 0 spiro atoms. The number of halogens is 1. The topological polar surface area (TPSA) is 20.2 Å². The summed E-state index contributed by atoms with van der Waals surface area (Å²) in [6.45, 7) is 2.24. The third-order valence-corrected chi connectivity index (χ3v) is 4.08. The molecule has 1 aromatic rings. The Morgan fingerprint density at radius 2 is 1.71 bits per heavy atom. The van der Waals surface area contributed by atoms with Crippen LogP contribution in [0.5, 0.6) is 0 Å². The Morgan fingerprint density at radius 3 is 2.41 bits per heavy atom. The van der Waals surface area contributed by atoms with E-state index in [1.807, 2.05) is 18.2 Å². The highest BCUT2D eigenvalue weighted by Crippen LogP contribution is 2.24. The molecule has 1 atom stereocenters. The summed E-state index contributed by atoms with van der Waals surface area (Å²) in [5.41, 5.74) is 1.08. The summed E-state index contributed by atoms with van der Waals surface area (Å²) >= 11 is 2.29. The number of aliphatic hydroxyl groups is 1. The number of aliphatic hydroxyl groups excluding tert-OH is 1. The third-order valence-electron chi connectivity index (χ3n) is 3.10. The Morgan fingerprint density at radius 1 is 1.06 bits per heavy atom. The van der Waals surface area contributed by atoms with Crippen molar-refractivity contribution in [2.75, 3.05) is 0 Å². The van der Waals surface area contributed by atoms with Crippen LogP contribution in [0.2, 0.25) is 0 Å². The lowest BCUT2D eigenvalue weighted by Crippen LogP contribution is -1.99. The molecule has 96 valence electrons. The average molecular weight is 346 g/mol. The summed E-state index contributed by atoms with van der Waals surface area (Å²) in [7, 11) is 0. The van der Waals surface area contributed by atoms with Gasteiger partial charge in [0.05, 0.1) is 6.10 Å². The molecule has 1 aromatic carbocycles. The molecule has 0 aromatic heterocycles. The first-order valence-electron chi connectivity index (χ1n) is 6.68. The highest BCUT2D eigenvalue weighted by atomic mass is 127. The van der Waals surface area contributed by atoms with Gasteiger partial charge in [0.25, 0.3) is 0 Å². The van der Waals surface area contributed by atoms with Crippen molar-refractivity contribution >= 4 is 22.6 Å². The minimum Gasteiger partial charge on any atom is -0.388 e. The van der Waals surface area contributed by atoms with Crippen LogP contribution in [-0.4, -0.2) is 5.11 Å². The standard InChI is InChI=1S/C15H23IO/c1-2-3-4-5-6-7-12-15(17)13-10-8-9-11-14(13)16/h8-11,15,17H,2-7,12H2,1H3. The number of hydrogen-bond acceptors (Lipinski definition) is 1. The zero-order chi connectivity index (χ0) is 12.5. The van der Waals surface area contributed by atoms with Gasteiger partial charge in [-0.1, -0.05) is 63.6 Å². The van der Waals surface area contributed by atoms with Crippen molar-refractivity contribution in [3.05, 3.63) is 33.4 Å². The van der Waals surface area contributed by atoms with E-state index in [4.69, 9.17) is 0 Å². The highest BCUT2D eigenvalue weighted by molar-refractivity contribution is 14.1. The van der Waals surface area contributed by atoms with Crippen LogP contribution >= 0.6 is 22.6 Å². The van der Waals surface area contributed by atoms with Gasteiger partial charge in [0.15, 0.2) is 0 Å². The van der Waals surface area contributed by atoms with E-state index in [-0.39, 0.29) is 6.10 Å². The second kappa shape index (κ2) is 8.92. The fourth-order valence-electron chi connectivity index (χ4n) is 2.02. The second-order valence-corrected chi connectivity index (χ2v) is 5.76. The SMILES string of the molecule is CCCCCCCCC(O)c1ccccc1I. The molecule has 0 fully saturated rings. The van der Waals surface area contributed by atoms with Crippen molar-refractivity contribution in [3.63, 3.8) is 0 Å². The maximum absolute atomic E-state index is 10.1. The minimum absolute atomic E-state index is 0.283. The van der Waals surface area contributed by atoms with Crippen molar-refractivity contribution in [2.24, 2.45) is 0 Å². The molecular weight excluding hydrogens is 323 g/mol. The molecule has 1 nitrogen and oxygen atoms in total. The van der Waals surface area contributed by atoms with Crippen LogP contribution < -0.4 is 0 Å². The van der Waals surface area contributed by atoms with Crippen molar-refractivity contribution < 1.29 is 5.11 Å². The van der Waals surface area contributed by atoms with Gasteiger partial charge in [0.1, 0.15) is 0 Å². The fraction of sp³-hybridized carbons (Fsp3) is 0.600. The molecule has 0 bridgehead atoms. The van der Waals surface area contributed by atoms with Crippen LogP contribution in [0.3, 0.4) is 0 Å². The van der Waals surface area contributed by atoms with Crippen LogP contribution in [0.15, 0.2) is 24.3 Å². The lowest BCUT2D eigenvalue weighted by molar-refractivity contribution is 0.162. The maximum atomic E-state index is 10.1. The van der Waals surface area contributed by atoms with E-state index in [1.54, 1.807) is 0 Å². The zero-order valence-electron chi connectivity index (χ0n) is 10.7. The van der Waals surface area contributed by atoms with Crippen LogP contribution in [0.4, 0.5) is 0 Å². The lowest BCUT2D eigenvalue weighted by atomic mass is 10.0. The quantitative estimate of drug-likeness (QED) is 0.514. The van der Waals surface area contributed by atoms with E-state index < -0.39 is 0 Å². The Balaban J connectivity index is 2.21. The van der Waals surface area contributed by atoms with Gasteiger partial charge in [-0.2, -0.15) is 0 Å². The summed E-state index contributed by atoms with van der Waals surface area (Å²) in [6, 6.07) is 8.11. The van der Waals surface area contributed by atoms with E-state index in [9.17, 15) is 5.11 Å². The molecule has 0 aliphatic carbocycles. The molecule has 0 aliphatic rings. The zero-order valence-corrected chi connectivity index (χ0v) is 12.8. The summed E-state index contributed by atoms with van der Waals surface area (Å²) in [5.74, 6) is 0. The van der Waals surface area contributed by atoms with Gasteiger partial charge in [-0.3, -0.25) is 0 Å². The summed E-state index contributed by atoms with van der Waals surface area (Å²) in [5, 5.41) is 10.1. The molecule has 0 saturated carbocycles. The van der Waals surface area contributed by atoms with Gasteiger partial charge in [-0.25, -0.2) is 0 Å². The minimum atomic E-state index is -0.283. The molecule has 1 unspecified atom stereocenters. The predicted molar refractivity (Wildman–Crippen MR) is 82.1 cm³/mol. The molecule has 0 heterocycles. The molecule has 2 heteroatoms. The Labute approximate surface area is 119 Å². The number of benzene rings is 1. The Bertz CT molecular complexity index is 312. The second-order valence-electron chi connectivity index (χ2n) is 4.59. The largest absolute Gasteiger partial charge is 0.388 e. The van der Waals surface area contributed by atoms with Gasteiger partial charge >= 0.3 is 0 Å². The van der Waals surface area contributed by atoms with Gasteiger partial charge in [0, 0.05) is 3.57 Å². The van der Waals surface area contributed by atoms with Crippen molar-refractivity contribution in [1.29, 1.82) is 0 Å². The van der Waals surface area contributed by atoms with E-state index >= 15 is 0 Å². The van der Waals surface area contributed by atoms with Crippen LogP contribution in [0.1, 0.15) is 63.5 Å². The van der Waals surface area contributed by atoms with E-state index in [0.717, 1.165) is 18.4 Å². The van der Waals surface area contributed by atoms with Crippen molar-refractivity contribution in [2.45, 2.75) is 58.0 Å². The number of unbranched alkanes of at least 4 members (excludes halogenated alkanes) is 5. The van der Waals surface area contributed by atoms with Crippen molar-refractivity contribution in [3.8, 4) is 0 Å². The van der Waals surface area contributed by atoms with Crippen molar-refractivity contribution in [1.82, 2.24) is 0 Å². The first-order valence-corrected chi connectivity index (χ1v) is 7.76. The summed E-state index contributed by atoms with van der Waals surface area (Å²) in [6.07, 6.45) is 8.29. The van der Waals surface area contributed by atoms with Crippen LogP contribution in [-0.2, 0) is 0 Å². The Hall–Kier alpha value is -0.0900. The third kappa shape index (κ3) is 5.87. The Kier molecular flexibility index (Phi) is 7.86. The molecule has 0 saturated heterocycles. The van der Waals surface area contributed by atoms with Gasteiger partial charge < -0.3 is 5.11 Å². The van der Waals surface area contributed by atoms with Crippen LogP contribution in [0, 0.1) is 3.57 Å². The summed E-state index contributed by atoms with van der Waals surface area (Å²) in [4.78, 5) is 0. The first-order chi connectivity index (χ1) is 8.25. The first kappa shape index (κ1) is 15.0. The van der Waals surface area contributed by atoms with Gasteiger partial charge in [-0.15, -0.1) is 0 Å². The predicted octanol–water partition coefficient (Wildman–Crippen LogP) is 5.08. The number of hydrogen-bond donors (Lipinski definition) is 1. The van der Waals surface area contributed by atoms with Crippen LogP contribution in [0.25, 0.3) is 0 Å². The molecule has 1 rings (SSSR count). The van der Waals surface area contributed by atoms with E-state index in [1.165, 1.54) is 35.7 Å². The molecule has 0 radical (unpaired) electrons. The normalized spacial score (nSPS) is 12.6. The monoisotopic (exact) mass is 346 g/mol. The molecule has 0 amide bonds. The highest BCUT2D eigenvalue weighted by Gasteiger charge is 2.09. The fourth-order valence-corrected chi connectivity index (χ4v) is 2.77.